The van der Waals surface area contributed by atoms with Crippen molar-refractivity contribution in [3.63, 3.8) is 0 Å². The number of alkyl halides is 3. The Labute approximate surface area is 211 Å². The van der Waals surface area contributed by atoms with Crippen molar-refractivity contribution < 1.29 is 40.6 Å². The Morgan fingerprint density at radius 3 is 2.39 bits per heavy atom. The number of benzene rings is 2. The molecule has 7 nitrogen and oxygen atoms in total. The minimum absolute atomic E-state index is 0.0448. The largest absolute Gasteiger partial charge is 0.493 e. The molecule has 38 heavy (non-hydrogen) atoms. The van der Waals surface area contributed by atoms with Crippen molar-refractivity contribution in [1.82, 2.24) is 14.5 Å². The summed E-state index contributed by atoms with van der Waals surface area (Å²) < 4.78 is 100.0. The fourth-order valence-corrected chi connectivity index (χ4v) is 3.66. The van der Waals surface area contributed by atoms with Gasteiger partial charge in [-0.25, -0.2) is 18.2 Å². The predicted octanol–water partition coefficient (Wildman–Crippen LogP) is 5.48. The summed E-state index contributed by atoms with van der Waals surface area (Å²) in [6.45, 7) is -0.195. The number of nitrogens with zero attached hydrogens (tertiary/aromatic N) is 3. The van der Waals surface area contributed by atoms with Crippen LogP contribution in [0.4, 0.5) is 26.3 Å². The number of rotatable bonds is 9. The molecule has 0 amide bonds. The Morgan fingerprint density at radius 1 is 0.974 bits per heavy atom. The maximum absolute atomic E-state index is 14.2. The van der Waals surface area contributed by atoms with Crippen molar-refractivity contribution in [3.05, 3.63) is 87.9 Å². The first-order valence-corrected chi connectivity index (χ1v) is 11.1. The lowest BCUT2D eigenvalue weighted by molar-refractivity contribution is -0.140. The maximum atomic E-state index is 14.2. The van der Waals surface area contributed by atoms with Crippen LogP contribution in [0, 0.1) is 17.5 Å². The normalized spacial score (nSPS) is 11.7. The molecule has 0 aliphatic heterocycles. The molecule has 0 fully saturated rings. The van der Waals surface area contributed by atoms with E-state index in [4.69, 9.17) is 14.2 Å². The lowest BCUT2D eigenvalue weighted by Crippen LogP contribution is -2.15. The van der Waals surface area contributed by atoms with Crippen LogP contribution < -0.4 is 15.0 Å². The molecular weight excluding hydrogens is 520 g/mol. The van der Waals surface area contributed by atoms with Crippen molar-refractivity contribution in [2.45, 2.75) is 19.1 Å². The Balaban J connectivity index is 1.69. The maximum Gasteiger partial charge on any atom is 0.425 e. The summed E-state index contributed by atoms with van der Waals surface area (Å²) in [5.74, 6) is -4.84. The molecule has 2 aromatic carbocycles. The van der Waals surface area contributed by atoms with Crippen LogP contribution in [0.25, 0.3) is 10.9 Å². The van der Waals surface area contributed by atoms with Crippen LogP contribution >= 0.6 is 0 Å². The van der Waals surface area contributed by atoms with E-state index in [1.54, 1.807) is 0 Å². The Hall–Kier alpha value is -4.13. The van der Waals surface area contributed by atoms with Crippen molar-refractivity contribution in [2.75, 3.05) is 20.3 Å². The number of hydrogen-bond donors (Lipinski definition) is 0. The number of hydrogen-bond acceptors (Lipinski definition) is 6. The summed E-state index contributed by atoms with van der Waals surface area (Å²) in [6.07, 6.45) is -2.41. The van der Waals surface area contributed by atoms with Crippen LogP contribution in [0.15, 0.2) is 53.7 Å². The second kappa shape index (κ2) is 11.1. The molecule has 0 N–H and O–H groups in total. The van der Waals surface area contributed by atoms with Gasteiger partial charge in [0, 0.05) is 44.0 Å². The molecule has 0 spiro atoms. The van der Waals surface area contributed by atoms with Crippen molar-refractivity contribution in [1.29, 1.82) is 0 Å². The molecule has 13 heteroatoms. The number of fused-ring (bicyclic) bond motifs is 1. The standard InChI is InChI=1S/C25H19F6N3O4/c1-36-7-2-8-37-21-5-6-32-24(22(21)25(29,30)31)38-15-3-4-20-16(11-15)23(35)33-13-34(20)12-17-18(27)9-14(26)10-19(17)28/h3-6,9-11,13H,2,7-8,12H2,1H3. The van der Waals surface area contributed by atoms with Gasteiger partial charge >= 0.3 is 6.18 Å². The summed E-state index contributed by atoms with van der Waals surface area (Å²) in [6, 6.07) is 5.78. The van der Waals surface area contributed by atoms with E-state index in [2.05, 4.69) is 9.97 Å². The first-order chi connectivity index (χ1) is 18.1. The molecule has 0 aliphatic rings. The molecule has 2 aromatic heterocycles. The molecule has 2 heterocycles. The summed E-state index contributed by atoms with van der Waals surface area (Å²) in [5, 5.41) is -0.103. The molecule has 4 rings (SSSR count). The summed E-state index contributed by atoms with van der Waals surface area (Å²) in [4.78, 5) is 19.8. The van der Waals surface area contributed by atoms with Crippen LogP contribution in [0.5, 0.6) is 17.4 Å². The highest BCUT2D eigenvalue weighted by Crippen LogP contribution is 2.42. The Kier molecular flexibility index (Phi) is 7.86. The van der Waals surface area contributed by atoms with E-state index < -0.39 is 58.5 Å². The van der Waals surface area contributed by atoms with Crippen molar-refractivity contribution in [2.24, 2.45) is 0 Å². The van der Waals surface area contributed by atoms with Gasteiger partial charge in [-0.05, 0) is 24.3 Å². The molecule has 200 valence electrons. The zero-order valence-corrected chi connectivity index (χ0v) is 19.7. The fourth-order valence-electron chi connectivity index (χ4n) is 3.66. The van der Waals surface area contributed by atoms with Crippen LogP contribution in [0.1, 0.15) is 17.5 Å². The third-order valence-electron chi connectivity index (χ3n) is 5.38. The molecule has 0 aliphatic carbocycles. The van der Waals surface area contributed by atoms with Gasteiger partial charge in [0.2, 0.25) is 5.88 Å². The van der Waals surface area contributed by atoms with Gasteiger partial charge in [0.05, 0.1) is 30.4 Å². The van der Waals surface area contributed by atoms with Gasteiger partial charge in [0.1, 0.15) is 29.0 Å². The van der Waals surface area contributed by atoms with Crippen LogP contribution in [-0.2, 0) is 17.5 Å². The summed E-state index contributed by atoms with van der Waals surface area (Å²) in [7, 11) is 1.45. The van der Waals surface area contributed by atoms with E-state index in [0.29, 0.717) is 25.2 Å². The highest BCUT2D eigenvalue weighted by molar-refractivity contribution is 5.79. The second-order valence-electron chi connectivity index (χ2n) is 7.99. The molecule has 0 bridgehead atoms. The Bertz CT molecular complexity index is 1500. The minimum Gasteiger partial charge on any atom is -0.493 e. The third-order valence-corrected chi connectivity index (χ3v) is 5.38. The molecule has 0 unspecified atom stereocenters. The van der Waals surface area contributed by atoms with E-state index in [9.17, 15) is 31.1 Å². The highest BCUT2D eigenvalue weighted by atomic mass is 19.4. The number of aromatic nitrogens is 3. The van der Waals surface area contributed by atoms with E-state index in [0.717, 1.165) is 24.7 Å². The van der Waals surface area contributed by atoms with Gasteiger partial charge in [0.25, 0.3) is 5.56 Å². The summed E-state index contributed by atoms with van der Waals surface area (Å²) in [5.41, 5.74) is -2.33. The van der Waals surface area contributed by atoms with Gasteiger partial charge in [-0.15, -0.1) is 0 Å². The predicted molar refractivity (Wildman–Crippen MR) is 123 cm³/mol. The van der Waals surface area contributed by atoms with Crippen LogP contribution in [0.2, 0.25) is 0 Å². The molecule has 0 saturated heterocycles. The fraction of sp³-hybridized carbons (Fsp3) is 0.240. The van der Waals surface area contributed by atoms with Crippen LogP contribution in [-0.4, -0.2) is 34.9 Å². The van der Waals surface area contributed by atoms with Gasteiger partial charge in [-0.1, -0.05) is 0 Å². The van der Waals surface area contributed by atoms with Crippen LogP contribution in [0.3, 0.4) is 0 Å². The van der Waals surface area contributed by atoms with E-state index in [1.807, 2.05) is 0 Å². The number of pyridine rings is 1. The first-order valence-electron chi connectivity index (χ1n) is 11.1. The SMILES string of the molecule is COCCCOc1ccnc(Oc2ccc3c(c2)c(=O)ncn3Cc2c(F)cc(F)cc2F)c1C(F)(F)F. The Morgan fingerprint density at radius 2 is 1.71 bits per heavy atom. The van der Waals surface area contributed by atoms with Gasteiger partial charge in [-0.2, -0.15) is 18.2 Å². The molecular formula is C25H19F6N3O4. The minimum atomic E-state index is -4.88. The van der Waals surface area contributed by atoms with Crippen molar-refractivity contribution >= 4 is 10.9 Å². The lowest BCUT2D eigenvalue weighted by atomic mass is 10.1. The molecule has 0 radical (unpaired) electrons. The lowest BCUT2D eigenvalue weighted by Gasteiger charge is -2.17. The van der Waals surface area contributed by atoms with E-state index in [1.165, 1.54) is 23.8 Å². The van der Waals surface area contributed by atoms with E-state index >= 15 is 0 Å². The smallest absolute Gasteiger partial charge is 0.425 e. The molecule has 0 saturated carbocycles. The third kappa shape index (κ3) is 5.88. The number of ether oxygens (including phenoxy) is 3. The van der Waals surface area contributed by atoms with Gasteiger partial charge in [0.15, 0.2) is 5.56 Å². The monoisotopic (exact) mass is 539 g/mol. The van der Waals surface area contributed by atoms with Gasteiger partial charge in [-0.3, -0.25) is 4.79 Å². The second-order valence-corrected chi connectivity index (χ2v) is 7.99. The summed E-state index contributed by atoms with van der Waals surface area (Å²) >= 11 is 0. The highest BCUT2D eigenvalue weighted by Gasteiger charge is 2.39. The molecule has 0 atom stereocenters. The van der Waals surface area contributed by atoms with Gasteiger partial charge < -0.3 is 18.8 Å². The quantitative estimate of drug-likeness (QED) is 0.207. The number of methoxy groups -OCH3 is 1. The first kappa shape index (κ1) is 26.9. The zero-order chi connectivity index (χ0) is 27.4. The average Bonchev–Trinajstić information content (AvgIpc) is 2.85. The average molecular weight is 539 g/mol. The zero-order valence-electron chi connectivity index (χ0n) is 19.7. The topological polar surface area (TPSA) is 75.5 Å². The molecule has 4 aromatic rings. The van der Waals surface area contributed by atoms with E-state index in [-0.39, 0.29) is 23.3 Å². The van der Waals surface area contributed by atoms with Crippen molar-refractivity contribution in [3.8, 4) is 17.4 Å². The number of halogens is 6.